The Kier molecular flexibility index (Phi) is 5.10. The van der Waals surface area contributed by atoms with Gasteiger partial charge < -0.3 is 14.6 Å². The quantitative estimate of drug-likeness (QED) is 0.846. The second kappa shape index (κ2) is 7.52. The standard InChI is InChI=1S/C21H29N3O3/c1-16-18(13-24(22-16)8-9-25)12-23-7-3-6-21(2,14-23)11-17-4-5-19-20(10-17)27-15-26-19/h4-5,10,13,25H,3,6-9,11-12,14-15H2,1-2H3/t21-/m1/s1. The fourth-order valence-corrected chi connectivity index (χ4v) is 4.42. The van der Waals surface area contributed by atoms with Crippen LogP contribution in [0.5, 0.6) is 11.5 Å². The molecule has 1 saturated heterocycles. The molecule has 2 aromatic rings. The molecule has 0 spiro atoms. The Hall–Kier alpha value is -2.05. The van der Waals surface area contributed by atoms with E-state index in [0.29, 0.717) is 13.3 Å². The molecular formula is C21H29N3O3. The summed E-state index contributed by atoms with van der Waals surface area (Å²) in [7, 11) is 0. The second-order valence-electron chi connectivity index (χ2n) is 8.22. The Labute approximate surface area is 160 Å². The zero-order valence-electron chi connectivity index (χ0n) is 16.3. The Bertz CT molecular complexity index is 804. The highest BCUT2D eigenvalue weighted by atomic mass is 16.7. The van der Waals surface area contributed by atoms with Gasteiger partial charge in [-0.2, -0.15) is 5.10 Å². The molecule has 1 atom stereocenters. The first-order chi connectivity index (χ1) is 13.0. The molecule has 1 aromatic carbocycles. The van der Waals surface area contributed by atoms with E-state index in [-0.39, 0.29) is 12.0 Å². The third-order valence-corrected chi connectivity index (χ3v) is 5.70. The number of fused-ring (bicyclic) bond motifs is 1. The van der Waals surface area contributed by atoms with E-state index in [1.54, 1.807) is 0 Å². The van der Waals surface area contributed by atoms with Gasteiger partial charge in [0.2, 0.25) is 6.79 Å². The first-order valence-electron chi connectivity index (χ1n) is 9.79. The first kappa shape index (κ1) is 18.3. The van der Waals surface area contributed by atoms with Crippen LogP contribution in [0.4, 0.5) is 0 Å². The van der Waals surface area contributed by atoms with Crippen molar-refractivity contribution >= 4 is 0 Å². The zero-order valence-corrected chi connectivity index (χ0v) is 16.3. The molecule has 0 bridgehead atoms. The number of likely N-dealkylation sites (tertiary alicyclic amines) is 1. The molecule has 6 nitrogen and oxygen atoms in total. The summed E-state index contributed by atoms with van der Waals surface area (Å²) in [5, 5.41) is 13.6. The molecule has 27 heavy (non-hydrogen) atoms. The van der Waals surface area contributed by atoms with E-state index >= 15 is 0 Å². The number of nitrogens with zero attached hydrogens (tertiary/aromatic N) is 3. The van der Waals surface area contributed by atoms with Crippen molar-refractivity contribution in [2.75, 3.05) is 26.5 Å². The molecule has 0 saturated carbocycles. The van der Waals surface area contributed by atoms with Crippen LogP contribution in [0, 0.1) is 12.3 Å². The molecular weight excluding hydrogens is 342 g/mol. The smallest absolute Gasteiger partial charge is 0.231 e. The van der Waals surface area contributed by atoms with Crippen LogP contribution in [0.2, 0.25) is 0 Å². The molecule has 146 valence electrons. The van der Waals surface area contributed by atoms with Crippen LogP contribution in [0.25, 0.3) is 0 Å². The fraction of sp³-hybridized carbons (Fsp3) is 0.571. The van der Waals surface area contributed by atoms with Gasteiger partial charge in [0.15, 0.2) is 11.5 Å². The normalized spacial score (nSPS) is 22.3. The lowest BCUT2D eigenvalue weighted by atomic mass is 9.77. The van der Waals surface area contributed by atoms with Gasteiger partial charge in [-0.05, 0) is 55.8 Å². The minimum atomic E-state index is 0.123. The van der Waals surface area contributed by atoms with Crippen molar-refractivity contribution in [2.45, 2.75) is 46.2 Å². The molecule has 4 rings (SSSR count). The molecule has 0 aliphatic carbocycles. The van der Waals surface area contributed by atoms with Gasteiger partial charge in [0, 0.05) is 24.8 Å². The minimum absolute atomic E-state index is 0.123. The SMILES string of the molecule is Cc1nn(CCO)cc1CN1CCC[C@](C)(Cc2ccc3c(c2)OCO3)C1. The molecule has 1 aromatic heterocycles. The summed E-state index contributed by atoms with van der Waals surface area (Å²) in [5.74, 6) is 1.72. The first-order valence-corrected chi connectivity index (χ1v) is 9.79. The van der Waals surface area contributed by atoms with Gasteiger partial charge in [-0.15, -0.1) is 0 Å². The molecule has 1 fully saturated rings. The van der Waals surface area contributed by atoms with Gasteiger partial charge in [0.05, 0.1) is 18.8 Å². The van der Waals surface area contributed by atoms with E-state index < -0.39 is 0 Å². The van der Waals surface area contributed by atoms with Crippen LogP contribution in [0.3, 0.4) is 0 Å². The van der Waals surface area contributed by atoms with E-state index in [2.05, 4.69) is 42.2 Å². The predicted octanol–water partition coefficient (Wildman–Crippen LogP) is 2.76. The van der Waals surface area contributed by atoms with Crippen molar-refractivity contribution in [3.8, 4) is 11.5 Å². The lowest BCUT2D eigenvalue weighted by Gasteiger charge is -2.40. The number of aromatic nitrogens is 2. The predicted molar refractivity (Wildman–Crippen MR) is 103 cm³/mol. The Morgan fingerprint density at radius 1 is 1.26 bits per heavy atom. The van der Waals surface area contributed by atoms with Crippen LogP contribution in [-0.4, -0.2) is 46.3 Å². The maximum absolute atomic E-state index is 9.12. The molecule has 1 N–H and O–H groups in total. The molecule has 0 radical (unpaired) electrons. The maximum Gasteiger partial charge on any atom is 0.231 e. The molecule has 2 aliphatic heterocycles. The minimum Gasteiger partial charge on any atom is -0.454 e. The van der Waals surface area contributed by atoms with Gasteiger partial charge in [0.25, 0.3) is 0 Å². The van der Waals surface area contributed by atoms with Gasteiger partial charge in [-0.25, -0.2) is 0 Å². The van der Waals surface area contributed by atoms with Crippen LogP contribution < -0.4 is 9.47 Å². The number of benzene rings is 1. The summed E-state index contributed by atoms with van der Waals surface area (Å²) in [6, 6.07) is 6.33. The molecule has 0 amide bonds. The van der Waals surface area contributed by atoms with E-state index in [1.165, 1.54) is 24.0 Å². The highest BCUT2D eigenvalue weighted by molar-refractivity contribution is 5.44. The van der Waals surface area contributed by atoms with E-state index in [9.17, 15) is 0 Å². The topological polar surface area (TPSA) is 59.8 Å². The number of aliphatic hydroxyl groups excluding tert-OH is 1. The zero-order chi connectivity index (χ0) is 18.9. The number of hydrogen-bond donors (Lipinski definition) is 1. The average molecular weight is 371 g/mol. The number of aliphatic hydroxyl groups is 1. The summed E-state index contributed by atoms with van der Waals surface area (Å²) < 4.78 is 12.8. The van der Waals surface area contributed by atoms with Gasteiger partial charge in [-0.1, -0.05) is 13.0 Å². The molecule has 3 heterocycles. The summed E-state index contributed by atoms with van der Waals surface area (Å²) in [4.78, 5) is 2.55. The summed E-state index contributed by atoms with van der Waals surface area (Å²) in [6.45, 7) is 8.58. The molecule has 6 heteroatoms. The summed E-state index contributed by atoms with van der Waals surface area (Å²) in [5.41, 5.74) is 3.89. The number of piperidine rings is 1. The van der Waals surface area contributed by atoms with Gasteiger partial charge in [-0.3, -0.25) is 9.58 Å². The lowest BCUT2D eigenvalue weighted by molar-refractivity contribution is 0.0968. The van der Waals surface area contributed by atoms with Crippen molar-refractivity contribution < 1.29 is 14.6 Å². The Morgan fingerprint density at radius 3 is 2.96 bits per heavy atom. The number of ether oxygens (including phenoxy) is 2. The second-order valence-corrected chi connectivity index (χ2v) is 8.22. The van der Waals surface area contributed by atoms with Crippen molar-refractivity contribution in [1.82, 2.24) is 14.7 Å². The fourth-order valence-electron chi connectivity index (χ4n) is 4.42. The number of rotatable bonds is 6. The van der Waals surface area contributed by atoms with Crippen molar-refractivity contribution in [3.05, 3.63) is 41.2 Å². The largest absolute Gasteiger partial charge is 0.454 e. The maximum atomic E-state index is 9.12. The number of aryl methyl sites for hydroxylation is 1. The Morgan fingerprint density at radius 2 is 2.11 bits per heavy atom. The monoisotopic (exact) mass is 371 g/mol. The third-order valence-electron chi connectivity index (χ3n) is 5.70. The average Bonchev–Trinajstić information content (AvgIpc) is 3.21. The lowest BCUT2D eigenvalue weighted by Crippen LogP contribution is -2.42. The van der Waals surface area contributed by atoms with Crippen LogP contribution >= 0.6 is 0 Å². The van der Waals surface area contributed by atoms with E-state index in [0.717, 1.165) is 43.2 Å². The van der Waals surface area contributed by atoms with Crippen LogP contribution in [0.15, 0.2) is 24.4 Å². The Balaban J connectivity index is 1.42. The number of hydrogen-bond acceptors (Lipinski definition) is 5. The van der Waals surface area contributed by atoms with Gasteiger partial charge in [0.1, 0.15) is 0 Å². The van der Waals surface area contributed by atoms with Crippen molar-refractivity contribution in [1.29, 1.82) is 0 Å². The molecule has 2 aliphatic rings. The highest BCUT2D eigenvalue weighted by Crippen LogP contribution is 2.38. The molecule has 0 unspecified atom stereocenters. The van der Waals surface area contributed by atoms with Crippen molar-refractivity contribution in [3.63, 3.8) is 0 Å². The van der Waals surface area contributed by atoms with Crippen molar-refractivity contribution in [2.24, 2.45) is 5.41 Å². The summed E-state index contributed by atoms with van der Waals surface area (Å²) >= 11 is 0. The van der Waals surface area contributed by atoms with E-state index in [4.69, 9.17) is 14.6 Å². The van der Waals surface area contributed by atoms with Crippen LogP contribution in [0.1, 0.15) is 36.6 Å². The third kappa shape index (κ3) is 4.12. The van der Waals surface area contributed by atoms with Crippen LogP contribution in [-0.2, 0) is 19.5 Å². The summed E-state index contributed by atoms with van der Waals surface area (Å²) in [6.07, 6.45) is 5.57. The van der Waals surface area contributed by atoms with E-state index in [1.807, 2.05) is 10.7 Å². The highest BCUT2D eigenvalue weighted by Gasteiger charge is 2.32. The van der Waals surface area contributed by atoms with Gasteiger partial charge >= 0.3 is 0 Å².